The number of hydrogen-bond acceptors (Lipinski definition) is 6. The summed E-state index contributed by atoms with van der Waals surface area (Å²) in [5, 5.41) is 14.0. The Labute approximate surface area is 172 Å². The third kappa shape index (κ3) is 4.95. The van der Waals surface area contributed by atoms with Crippen molar-refractivity contribution in [3.8, 4) is 28.0 Å². The molecule has 0 aliphatic heterocycles. The zero-order valence-corrected chi connectivity index (χ0v) is 16.9. The Morgan fingerprint density at radius 2 is 1.86 bits per heavy atom. The van der Waals surface area contributed by atoms with E-state index in [9.17, 15) is 9.59 Å². The average molecular weight is 411 g/mol. The van der Waals surface area contributed by atoms with Crippen LogP contribution in [0.3, 0.4) is 0 Å². The lowest BCUT2D eigenvalue weighted by Crippen LogP contribution is -2.47. The standard InChI is InChI=1S/C21H21N3O4S/c1-13(2)11-15(20(25)23-8-7-22)24-21(26)18-12-14(16-5-3-9-27-16)19(29-18)17-6-4-10-28-17/h3-6,9-10,12-13,15H,8,11H2,1-2H3,(H,23,25)(H,24,26)/t15-/m0/s1. The zero-order chi connectivity index (χ0) is 20.8. The molecule has 0 bridgehead atoms. The highest BCUT2D eigenvalue weighted by Gasteiger charge is 2.25. The molecule has 0 saturated heterocycles. The Balaban J connectivity index is 1.87. The van der Waals surface area contributed by atoms with Gasteiger partial charge in [-0.2, -0.15) is 5.26 Å². The van der Waals surface area contributed by atoms with Gasteiger partial charge in [-0.15, -0.1) is 11.3 Å². The molecule has 7 nitrogen and oxygen atoms in total. The van der Waals surface area contributed by atoms with Crippen LogP contribution in [-0.4, -0.2) is 24.4 Å². The number of nitriles is 1. The van der Waals surface area contributed by atoms with E-state index in [2.05, 4.69) is 10.6 Å². The van der Waals surface area contributed by atoms with E-state index in [0.717, 1.165) is 10.4 Å². The Bertz CT molecular complexity index is 946. The van der Waals surface area contributed by atoms with Gasteiger partial charge < -0.3 is 19.5 Å². The molecule has 3 aromatic rings. The molecule has 150 valence electrons. The predicted molar refractivity (Wildman–Crippen MR) is 109 cm³/mol. The van der Waals surface area contributed by atoms with Crippen LogP contribution in [0.5, 0.6) is 0 Å². The maximum atomic E-state index is 12.9. The maximum absolute atomic E-state index is 12.9. The van der Waals surface area contributed by atoms with Crippen LogP contribution in [0.25, 0.3) is 22.0 Å². The quantitative estimate of drug-likeness (QED) is 0.544. The summed E-state index contributed by atoms with van der Waals surface area (Å²) >= 11 is 1.26. The number of nitrogens with one attached hydrogen (secondary N) is 2. The summed E-state index contributed by atoms with van der Waals surface area (Å²) in [5.41, 5.74) is 0.745. The van der Waals surface area contributed by atoms with E-state index in [1.165, 1.54) is 11.3 Å². The second-order valence-electron chi connectivity index (χ2n) is 6.84. The lowest BCUT2D eigenvalue weighted by molar-refractivity contribution is -0.123. The fraction of sp³-hybridized carbons (Fsp3) is 0.286. The number of amides is 2. The number of thiophene rings is 1. The molecule has 0 spiro atoms. The normalized spacial score (nSPS) is 11.8. The van der Waals surface area contributed by atoms with E-state index >= 15 is 0 Å². The summed E-state index contributed by atoms with van der Waals surface area (Å²) in [6.07, 6.45) is 3.60. The minimum absolute atomic E-state index is 0.104. The SMILES string of the molecule is CC(C)C[C@H](NC(=O)c1cc(-c2ccco2)c(-c2ccco2)s1)C(=O)NCC#N. The van der Waals surface area contributed by atoms with Gasteiger partial charge in [0.25, 0.3) is 5.91 Å². The molecule has 0 fully saturated rings. The molecule has 29 heavy (non-hydrogen) atoms. The van der Waals surface area contributed by atoms with Crippen LogP contribution in [0.15, 0.2) is 51.7 Å². The number of rotatable bonds is 8. The summed E-state index contributed by atoms with van der Waals surface area (Å²) in [5.74, 6) is 0.706. The highest BCUT2D eigenvalue weighted by Crippen LogP contribution is 2.39. The first-order chi connectivity index (χ1) is 14.0. The van der Waals surface area contributed by atoms with Gasteiger partial charge in [0.1, 0.15) is 24.1 Å². The lowest BCUT2D eigenvalue weighted by Gasteiger charge is -2.19. The molecular weight excluding hydrogens is 390 g/mol. The molecule has 3 aromatic heterocycles. The topological polar surface area (TPSA) is 108 Å². The molecule has 3 heterocycles. The summed E-state index contributed by atoms with van der Waals surface area (Å²) < 4.78 is 11.0. The molecule has 0 aromatic carbocycles. The largest absolute Gasteiger partial charge is 0.464 e. The monoisotopic (exact) mass is 411 g/mol. The van der Waals surface area contributed by atoms with Crippen molar-refractivity contribution in [1.29, 1.82) is 5.26 Å². The Hall–Kier alpha value is -3.31. The summed E-state index contributed by atoms with van der Waals surface area (Å²) in [7, 11) is 0. The number of hydrogen-bond donors (Lipinski definition) is 2. The Morgan fingerprint density at radius 3 is 2.45 bits per heavy atom. The van der Waals surface area contributed by atoms with Crippen molar-refractivity contribution >= 4 is 23.2 Å². The first-order valence-corrected chi connectivity index (χ1v) is 9.98. The lowest BCUT2D eigenvalue weighted by atomic mass is 10.0. The summed E-state index contributed by atoms with van der Waals surface area (Å²) in [4.78, 5) is 26.5. The molecule has 8 heteroatoms. The van der Waals surface area contributed by atoms with Crippen molar-refractivity contribution in [2.45, 2.75) is 26.3 Å². The van der Waals surface area contributed by atoms with Crippen LogP contribution in [-0.2, 0) is 4.79 Å². The van der Waals surface area contributed by atoms with Crippen molar-refractivity contribution in [1.82, 2.24) is 10.6 Å². The Kier molecular flexibility index (Phi) is 6.52. The van der Waals surface area contributed by atoms with E-state index in [4.69, 9.17) is 14.1 Å². The number of carbonyl (C=O) groups excluding carboxylic acids is 2. The number of furan rings is 2. The summed E-state index contributed by atoms with van der Waals surface area (Å²) in [6.45, 7) is 3.82. The molecule has 0 aliphatic carbocycles. The summed E-state index contributed by atoms with van der Waals surface area (Å²) in [6, 6.07) is 10.1. The van der Waals surface area contributed by atoms with Crippen LogP contribution in [0.4, 0.5) is 0 Å². The molecule has 2 N–H and O–H groups in total. The molecule has 0 aliphatic rings. The third-order valence-corrected chi connectivity index (χ3v) is 5.31. The van der Waals surface area contributed by atoms with Gasteiger partial charge >= 0.3 is 0 Å². The van der Waals surface area contributed by atoms with Gasteiger partial charge in [0.15, 0.2) is 0 Å². The average Bonchev–Trinajstić information content (AvgIpc) is 3.45. The van der Waals surface area contributed by atoms with Crippen LogP contribution >= 0.6 is 11.3 Å². The minimum atomic E-state index is -0.725. The highest BCUT2D eigenvalue weighted by atomic mass is 32.1. The molecule has 0 radical (unpaired) electrons. The van der Waals surface area contributed by atoms with Crippen molar-refractivity contribution in [2.24, 2.45) is 5.92 Å². The van der Waals surface area contributed by atoms with Crippen LogP contribution < -0.4 is 10.6 Å². The molecule has 0 saturated carbocycles. The van der Waals surface area contributed by atoms with Crippen LogP contribution in [0, 0.1) is 17.2 Å². The molecule has 0 unspecified atom stereocenters. The van der Waals surface area contributed by atoms with Gasteiger partial charge in [-0.05, 0) is 42.7 Å². The fourth-order valence-electron chi connectivity index (χ4n) is 2.89. The van der Waals surface area contributed by atoms with Gasteiger partial charge in [-0.25, -0.2) is 0 Å². The fourth-order valence-corrected chi connectivity index (χ4v) is 3.93. The second-order valence-corrected chi connectivity index (χ2v) is 7.89. The zero-order valence-electron chi connectivity index (χ0n) is 16.1. The minimum Gasteiger partial charge on any atom is -0.464 e. The predicted octanol–water partition coefficient (Wildman–Crippen LogP) is 4.05. The van der Waals surface area contributed by atoms with Gasteiger partial charge in [0.05, 0.1) is 28.3 Å². The molecular formula is C21H21N3O4S. The van der Waals surface area contributed by atoms with Gasteiger partial charge in [0, 0.05) is 5.56 Å². The number of carbonyl (C=O) groups is 2. The first kappa shape index (κ1) is 20.4. The van der Waals surface area contributed by atoms with Crippen molar-refractivity contribution in [3.05, 3.63) is 47.7 Å². The van der Waals surface area contributed by atoms with Crippen molar-refractivity contribution < 1.29 is 18.4 Å². The van der Waals surface area contributed by atoms with Gasteiger partial charge in [0.2, 0.25) is 5.91 Å². The second kappa shape index (κ2) is 9.26. The molecule has 2 amide bonds. The molecule has 1 atom stereocenters. The first-order valence-electron chi connectivity index (χ1n) is 9.16. The van der Waals surface area contributed by atoms with Crippen molar-refractivity contribution in [2.75, 3.05) is 6.54 Å². The maximum Gasteiger partial charge on any atom is 0.262 e. The van der Waals surface area contributed by atoms with E-state index in [1.807, 2.05) is 32.0 Å². The van der Waals surface area contributed by atoms with Crippen LogP contribution in [0.2, 0.25) is 0 Å². The number of nitrogens with zero attached hydrogens (tertiary/aromatic N) is 1. The smallest absolute Gasteiger partial charge is 0.262 e. The van der Waals surface area contributed by atoms with Crippen molar-refractivity contribution in [3.63, 3.8) is 0 Å². The van der Waals surface area contributed by atoms with Crippen LogP contribution in [0.1, 0.15) is 29.9 Å². The van der Waals surface area contributed by atoms with Gasteiger partial charge in [-0.3, -0.25) is 9.59 Å². The Morgan fingerprint density at radius 1 is 1.17 bits per heavy atom. The van der Waals surface area contributed by atoms with E-state index in [0.29, 0.717) is 22.8 Å². The van der Waals surface area contributed by atoms with E-state index < -0.39 is 6.04 Å². The van der Waals surface area contributed by atoms with E-state index in [-0.39, 0.29) is 24.3 Å². The molecule has 3 rings (SSSR count). The van der Waals surface area contributed by atoms with Gasteiger partial charge in [-0.1, -0.05) is 13.8 Å². The highest BCUT2D eigenvalue weighted by molar-refractivity contribution is 7.18. The third-order valence-electron chi connectivity index (χ3n) is 4.16. The van der Waals surface area contributed by atoms with E-state index in [1.54, 1.807) is 30.7 Å².